The van der Waals surface area contributed by atoms with Crippen molar-refractivity contribution in [2.75, 3.05) is 19.6 Å². The fraction of sp³-hybridized carbons (Fsp3) is 0.600. The molecule has 1 N–H and O–H groups in total. The Bertz CT molecular complexity index is 405. The van der Waals surface area contributed by atoms with Gasteiger partial charge in [0.2, 0.25) is 0 Å². The van der Waals surface area contributed by atoms with Crippen molar-refractivity contribution in [2.45, 2.75) is 38.8 Å². The molecule has 1 fully saturated rings. The number of hydrogen-bond acceptors (Lipinski definition) is 2. The third-order valence-electron chi connectivity index (χ3n) is 3.63. The zero-order valence-electron chi connectivity index (χ0n) is 11.5. The zero-order valence-corrected chi connectivity index (χ0v) is 12.2. The summed E-state index contributed by atoms with van der Waals surface area (Å²) in [6.45, 7) is 6.09. The number of hydrogen-bond donors (Lipinski definition) is 1. The topological polar surface area (TPSA) is 15.3 Å². The third kappa shape index (κ3) is 4.75. The van der Waals surface area contributed by atoms with E-state index in [4.69, 9.17) is 11.6 Å². The Morgan fingerprint density at radius 1 is 1.32 bits per heavy atom. The molecule has 1 aliphatic heterocycles. The van der Waals surface area contributed by atoms with E-state index in [1.54, 1.807) is 12.1 Å². The van der Waals surface area contributed by atoms with E-state index in [1.807, 2.05) is 0 Å². The molecule has 19 heavy (non-hydrogen) atoms. The minimum atomic E-state index is -0.193. The maximum Gasteiger partial charge on any atom is 0.127 e. The lowest BCUT2D eigenvalue weighted by Gasteiger charge is -2.29. The van der Waals surface area contributed by atoms with Crippen LogP contribution in [0.4, 0.5) is 4.39 Å². The predicted molar refractivity (Wildman–Crippen MR) is 78.0 cm³/mol. The maximum absolute atomic E-state index is 13.6. The number of halogens is 2. The van der Waals surface area contributed by atoms with Gasteiger partial charge in [-0.15, -0.1) is 0 Å². The highest BCUT2D eigenvalue weighted by molar-refractivity contribution is 6.30. The SMILES string of the molecule is CC(CN1CCCCC1)NCc1cc(Cl)ccc1F. The molecule has 0 bridgehead atoms. The fourth-order valence-electron chi connectivity index (χ4n) is 2.56. The predicted octanol–water partition coefficient (Wildman–Crippen LogP) is 3.44. The van der Waals surface area contributed by atoms with Crippen LogP contribution in [0.5, 0.6) is 0 Å². The van der Waals surface area contributed by atoms with E-state index in [2.05, 4.69) is 17.1 Å². The van der Waals surface area contributed by atoms with E-state index in [-0.39, 0.29) is 5.82 Å². The molecule has 2 nitrogen and oxygen atoms in total. The van der Waals surface area contributed by atoms with Crippen molar-refractivity contribution >= 4 is 11.6 Å². The lowest BCUT2D eigenvalue weighted by Crippen LogP contribution is -2.41. The summed E-state index contributed by atoms with van der Waals surface area (Å²) in [7, 11) is 0. The van der Waals surface area contributed by atoms with Gasteiger partial charge in [0.1, 0.15) is 5.82 Å². The van der Waals surface area contributed by atoms with Gasteiger partial charge in [0.25, 0.3) is 0 Å². The minimum absolute atomic E-state index is 0.193. The maximum atomic E-state index is 13.6. The number of piperidine rings is 1. The van der Waals surface area contributed by atoms with E-state index in [0.29, 0.717) is 23.2 Å². The van der Waals surface area contributed by atoms with E-state index in [1.165, 1.54) is 38.4 Å². The van der Waals surface area contributed by atoms with Gasteiger partial charge in [-0.1, -0.05) is 18.0 Å². The monoisotopic (exact) mass is 284 g/mol. The van der Waals surface area contributed by atoms with Crippen molar-refractivity contribution in [1.29, 1.82) is 0 Å². The second-order valence-corrected chi connectivity index (χ2v) is 5.82. The molecule has 2 rings (SSSR count). The Hall–Kier alpha value is -0.640. The summed E-state index contributed by atoms with van der Waals surface area (Å²) < 4.78 is 13.6. The highest BCUT2D eigenvalue weighted by Crippen LogP contribution is 2.15. The van der Waals surface area contributed by atoms with Gasteiger partial charge in [-0.05, 0) is 51.1 Å². The van der Waals surface area contributed by atoms with Crippen molar-refractivity contribution in [1.82, 2.24) is 10.2 Å². The van der Waals surface area contributed by atoms with E-state index < -0.39 is 0 Å². The smallest absolute Gasteiger partial charge is 0.127 e. The van der Waals surface area contributed by atoms with Gasteiger partial charge < -0.3 is 10.2 Å². The first kappa shape index (κ1) is 14.8. The van der Waals surface area contributed by atoms with Crippen molar-refractivity contribution in [2.24, 2.45) is 0 Å². The summed E-state index contributed by atoms with van der Waals surface area (Å²) >= 11 is 5.89. The van der Waals surface area contributed by atoms with Gasteiger partial charge in [-0.3, -0.25) is 0 Å². The molecule has 1 aliphatic rings. The molecule has 0 amide bonds. The lowest BCUT2D eigenvalue weighted by atomic mass is 10.1. The van der Waals surface area contributed by atoms with Crippen LogP contribution in [0.3, 0.4) is 0 Å². The average molecular weight is 285 g/mol. The molecule has 0 radical (unpaired) electrons. The Balaban J connectivity index is 1.79. The molecule has 106 valence electrons. The summed E-state index contributed by atoms with van der Waals surface area (Å²) in [4.78, 5) is 2.48. The molecule has 1 saturated heterocycles. The molecule has 0 aliphatic carbocycles. The van der Waals surface area contributed by atoms with Crippen LogP contribution in [0, 0.1) is 5.82 Å². The van der Waals surface area contributed by atoms with Crippen molar-refractivity contribution in [3.8, 4) is 0 Å². The van der Waals surface area contributed by atoms with E-state index >= 15 is 0 Å². The average Bonchev–Trinajstić information content (AvgIpc) is 2.41. The van der Waals surface area contributed by atoms with Crippen LogP contribution in [0.25, 0.3) is 0 Å². The standard InChI is InChI=1S/C15H22ClFN2/c1-12(11-19-7-3-2-4-8-19)18-10-13-9-14(16)5-6-15(13)17/h5-6,9,12,18H,2-4,7-8,10-11H2,1H3. The summed E-state index contributed by atoms with van der Waals surface area (Å²) in [5.41, 5.74) is 0.637. The van der Waals surface area contributed by atoms with Crippen molar-refractivity contribution < 1.29 is 4.39 Å². The molecule has 1 atom stereocenters. The van der Waals surface area contributed by atoms with Crippen LogP contribution in [0.1, 0.15) is 31.7 Å². The van der Waals surface area contributed by atoms with Crippen LogP contribution in [0.15, 0.2) is 18.2 Å². The molecule has 1 aromatic carbocycles. The first-order valence-corrected chi connectivity index (χ1v) is 7.42. The minimum Gasteiger partial charge on any atom is -0.309 e. The number of nitrogens with zero attached hydrogens (tertiary/aromatic N) is 1. The molecule has 1 unspecified atom stereocenters. The van der Waals surface area contributed by atoms with Gasteiger partial charge >= 0.3 is 0 Å². The van der Waals surface area contributed by atoms with Gasteiger partial charge in [0.05, 0.1) is 0 Å². The zero-order chi connectivity index (χ0) is 13.7. The second kappa shape index (κ2) is 7.22. The fourth-order valence-corrected chi connectivity index (χ4v) is 2.75. The molecule has 0 saturated carbocycles. The lowest BCUT2D eigenvalue weighted by molar-refractivity contribution is 0.208. The normalized spacial score (nSPS) is 18.5. The first-order valence-electron chi connectivity index (χ1n) is 7.05. The summed E-state index contributed by atoms with van der Waals surface area (Å²) in [5, 5.41) is 3.96. The summed E-state index contributed by atoms with van der Waals surface area (Å²) in [6.07, 6.45) is 3.96. The number of rotatable bonds is 5. The van der Waals surface area contributed by atoms with E-state index in [0.717, 1.165) is 6.54 Å². The summed E-state index contributed by atoms with van der Waals surface area (Å²) in [6, 6.07) is 5.06. The number of benzene rings is 1. The Kier molecular flexibility index (Phi) is 5.61. The van der Waals surface area contributed by atoms with Crippen LogP contribution in [-0.2, 0) is 6.54 Å². The largest absolute Gasteiger partial charge is 0.309 e. The quantitative estimate of drug-likeness (QED) is 0.891. The molecule has 1 aromatic rings. The van der Waals surface area contributed by atoms with Gasteiger partial charge in [0, 0.05) is 29.7 Å². The molecular formula is C15H22ClFN2. The van der Waals surface area contributed by atoms with Crippen LogP contribution < -0.4 is 5.32 Å². The number of nitrogens with one attached hydrogen (secondary N) is 1. The molecule has 1 heterocycles. The summed E-state index contributed by atoms with van der Waals surface area (Å²) in [5.74, 6) is -0.193. The van der Waals surface area contributed by atoms with Gasteiger partial charge in [-0.2, -0.15) is 0 Å². The first-order chi connectivity index (χ1) is 9.15. The molecule has 0 spiro atoms. The Morgan fingerprint density at radius 2 is 2.05 bits per heavy atom. The van der Waals surface area contributed by atoms with Crippen LogP contribution in [0.2, 0.25) is 5.02 Å². The van der Waals surface area contributed by atoms with Crippen LogP contribution in [-0.4, -0.2) is 30.6 Å². The molecule has 0 aromatic heterocycles. The van der Waals surface area contributed by atoms with Crippen molar-refractivity contribution in [3.05, 3.63) is 34.6 Å². The Labute approximate surface area is 119 Å². The van der Waals surface area contributed by atoms with Crippen molar-refractivity contribution in [3.63, 3.8) is 0 Å². The second-order valence-electron chi connectivity index (χ2n) is 5.38. The Morgan fingerprint density at radius 3 is 2.79 bits per heavy atom. The molecule has 4 heteroatoms. The van der Waals surface area contributed by atoms with E-state index in [9.17, 15) is 4.39 Å². The van der Waals surface area contributed by atoms with Crippen LogP contribution >= 0.6 is 11.6 Å². The highest BCUT2D eigenvalue weighted by Gasteiger charge is 2.13. The van der Waals surface area contributed by atoms with Gasteiger partial charge in [0.15, 0.2) is 0 Å². The molecular weight excluding hydrogens is 263 g/mol. The number of likely N-dealkylation sites (tertiary alicyclic amines) is 1. The third-order valence-corrected chi connectivity index (χ3v) is 3.86. The highest BCUT2D eigenvalue weighted by atomic mass is 35.5. The van der Waals surface area contributed by atoms with Gasteiger partial charge in [-0.25, -0.2) is 4.39 Å².